The summed E-state index contributed by atoms with van der Waals surface area (Å²) in [5.41, 5.74) is 1.43. The van der Waals surface area contributed by atoms with Crippen LogP contribution in [0, 0.1) is 5.92 Å². The van der Waals surface area contributed by atoms with Crippen LogP contribution in [0.5, 0.6) is 0 Å². The Hall–Kier alpha value is -0.570. The number of methoxy groups -OCH3 is 1. The summed E-state index contributed by atoms with van der Waals surface area (Å²) in [7, 11) is 1.78. The lowest BCUT2D eigenvalue weighted by molar-refractivity contribution is 0.117. The molecule has 1 heterocycles. The van der Waals surface area contributed by atoms with Crippen LogP contribution in [0.4, 0.5) is 0 Å². The average Bonchev–Trinajstić information content (AvgIpc) is 2.70. The van der Waals surface area contributed by atoms with E-state index in [-0.39, 0.29) is 0 Å². The summed E-state index contributed by atoms with van der Waals surface area (Å²) in [6.07, 6.45) is 7.73. The van der Waals surface area contributed by atoms with Gasteiger partial charge in [0.25, 0.3) is 0 Å². The summed E-state index contributed by atoms with van der Waals surface area (Å²) in [5, 5.41) is 7.16. The maximum Gasteiger partial charge on any atom is 0.0704 e. The Labute approximate surface area is 98.8 Å². The molecule has 0 radical (unpaired) electrons. The molecule has 2 atom stereocenters. The van der Waals surface area contributed by atoms with Crippen molar-refractivity contribution in [1.82, 2.24) is 5.01 Å². The van der Waals surface area contributed by atoms with Gasteiger partial charge in [0.1, 0.15) is 0 Å². The molecule has 0 amide bonds. The quantitative estimate of drug-likeness (QED) is 0.736. The molecule has 0 aromatic rings. The van der Waals surface area contributed by atoms with Gasteiger partial charge in [-0.05, 0) is 38.0 Å². The van der Waals surface area contributed by atoms with E-state index in [0.717, 1.165) is 13.2 Å². The Morgan fingerprint density at radius 2 is 2.19 bits per heavy atom. The number of hydrogen-bond donors (Lipinski definition) is 0. The molecule has 0 spiro atoms. The highest BCUT2D eigenvalue weighted by atomic mass is 16.5. The molecule has 92 valence electrons. The lowest BCUT2D eigenvalue weighted by atomic mass is 9.89. The van der Waals surface area contributed by atoms with Crippen molar-refractivity contribution >= 4 is 5.71 Å². The molecule has 16 heavy (non-hydrogen) atoms. The predicted molar refractivity (Wildman–Crippen MR) is 66.7 cm³/mol. The molecule has 0 N–H and O–H groups in total. The van der Waals surface area contributed by atoms with E-state index in [2.05, 4.69) is 11.9 Å². The molecular weight excluding hydrogens is 200 g/mol. The van der Waals surface area contributed by atoms with Gasteiger partial charge in [-0.1, -0.05) is 13.3 Å². The fourth-order valence-corrected chi connectivity index (χ4v) is 2.80. The Morgan fingerprint density at radius 3 is 2.94 bits per heavy atom. The third kappa shape index (κ3) is 2.76. The van der Waals surface area contributed by atoms with Gasteiger partial charge < -0.3 is 4.74 Å². The van der Waals surface area contributed by atoms with E-state index in [9.17, 15) is 0 Å². The van der Waals surface area contributed by atoms with Crippen molar-refractivity contribution in [3.63, 3.8) is 0 Å². The second kappa shape index (κ2) is 5.67. The minimum atomic E-state index is 0.520. The molecule has 2 aliphatic rings. The van der Waals surface area contributed by atoms with Crippen molar-refractivity contribution in [2.45, 2.75) is 51.5 Å². The number of hydrogen-bond acceptors (Lipinski definition) is 3. The minimum absolute atomic E-state index is 0.520. The number of hydrazone groups is 1. The van der Waals surface area contributed by atoms with Crippen molar-refractivity contribution in [3.8, 4) is 0 Å². The molecule has 0 bridgehead atoms. The third-order valence-electron chi connectivity index (χ3n) is 3.85. The predicted octanol–water partition coefficient (Wildman–Crippen LogP) is 2.66. The van der Waals surface area contributed by atoms with Crippen LogP contribution in [0.15, 0.2) is 5.10 Å². The van der Waals surface area contributed by atoms with Gasteiger partial charge in [-0.2, -0.15) is 5.10 Å². The maximum atomic E-state index is 5.26. The largest absolute Gasteiger partial charge is 0.382 e. The Bertz CT molecular complexity index is 252. The summed E-state index contributed by atoms with van der Waals surface area (Å²) < 4.78 is 5.26. The van der Waals surface area contributed by atoms with Crippen LogP contribution in [0.2, 0.25) is 0 Å². The molecule has 3 nitrogen and oxygen atoms in total. The Morgan fingerprint density at radius 1 is 1.31 bits per heavy atom. The highest BCUT2D eigenvalue weighted by Crippen LogP contribution is 2.24. The maximum absolute atomic E-state index is 5.26. The van der Waals surface area contributed by atoms with Crippen molar-refractivity contribution < 1.29 is 4.74 Å². The molecule has 0 aromatic heterocycles. The van der Waals surface area contributed by atoms with Crippen LogP contribution in [0.1, 0.15) is 45.4 Å². The van der Waals surface area contributed by atoms with Gasteiger partial charge in [-0.3, -0.25) is 5.01 Å². The number of rotatable bonds is 3. The standard InChI is InChI=1S/C13H24N2O/c1-11-6-3-4-8-13(11)14-15-9-5-7-12(15)10-16-2/h11-12H,3-10H2,1-2H3/b14-13+/t11-,12+/m1/s1. The van der Waals surface area contributed by atoms with Crippen molar-refractivity contribution in [2.75, 3.05) is 20.3 Å². The highest BCUT2D eigenvalue weighted by Gasteiger charge is 2.25. The summed E-state index contributed by atoms with van der Waals surface area (Å²) in [6.45, 7) is 4.26. The Kier molecular flexibility index (Phi) is 4.22. The van der Waals surface area contributed by atoms with E-state index in [1.165, 1.54) is 44.2 Å². The summed E-state index contributed by atoms with van der Waals surface area (Å²) in [6, 6.07) is 0.520. The van der Waals surface area contributed by atoms with E-state index in [1.807, 2.05) is 0 Å². The molecule has 2 fully saturated rings. The molecule has 1 saturated heterocycles. The van der Waals surface area contributed by atoms with Gasteiger partial charge in [-0.15, -0.1) is 0 Å². The SMILES string of the molecule is COC[C@@H]1CCCN1/N=C1\CCCC[C@H]1C. The zero-order valence-electron chi connectivity index (χ0n) is 10.6. The van der Waals surface area contributed by atoms with Gasteiger partial charge >= 0.3 is 0 Å². The zero-order chi connectivity index (χ0) is 11.4. The topological polar surface area (TPSA) is 24.8 Å². The van der Waals surface area contributed by atoms with Crippen LogP contribution in [-0.4, -0.2) is 37.0 Å². The molecule has 1 aliphatic carbocycles. The summed E-state index contributed by atoms with van der Waals surface area (Å²) in [4.78, 5) is 0. The lowest BCUT2D eigenvalue weighted by Crippen LogP contribution is -2.31. The first kappa shape index (κ1) is 11.9. The van der Waals surface area contributed by atoms with E-state index in [4.69, 9.17) is 9.84 Å². The van der Waals surface area contributed by atoms with Crippen molar-refractivity contribution in [1.29, 1.82) is 0 Å². The average molecular weight is 224 g/mol. The second-order valence-corrected chi connectivity index (χ2v) is 5.15. The van der Waals surface area contributed by atoms with Crippen LogP contribution in [0.3, 0.4) is 0 Å². The fraction of sp³-hybridized carbons (Fsp3) is 0.923. The molecule has 0 unspecified atom stereocenters. The number of nitrogens with zero attached hydrogens (tertiary/aromatic N) is 2. The first-order chi connectivity index (χ1) is 7.81. The normalized spacial score (nSPS) is 33.6. The zero-order valence-corrected chi connectivity index (χ0v) is 10.6. The van der Waals surface area contributed by atoms with Gasteiger partial charge in [0.2, 0.25) is 0 Å². The third-order valence-corrected chi connectivity index (χ3v) is 3.85. The van der Waals surface area contributed by atoms with Crippen LogP contribution in [-0.2, 0) is 4.74 Å². The van der Waals surface area contributed by atoms with E-state index in [1.54, 1.807) is 7.11 Å². The smallest absolute Gasteiger partial charge is 0.0704 e. The monoisotopic (exact) mass is 224 g/mol. The minimum Gasteiger partial charge on any atom is -0.382 e. The first-order valence-electron chi connectivity index (χ1n) is 6.64. The first-order valence-corrected chi connectivity index (χ1v) is 6.64. The van der Waals surface area contributed by atoms with Gasteiger partial charge in [0, 0.05) is 19.4 Å². The van der Waals surface area contributed by atoms with Crippen molar-refractivity contribution in [2.24, 2.45) is 11.0 Å². The lowest BCUT2D eigenvalue weighted by Gasteiger charge is -2.26. The van der Waals surface area contributed by atoms with Gasteiger partial charge in [-0.25, -0.2) is 0 Å². The second-order valence-electron chi connectivity index (χ2n) is 5.15. The molecule has 3 heteroatoms. The Balaban J connectivity index is 1.97. The van der Waals surface area contributed by atoms with Crippen LogP contribution >= 0.6 is 0 Å². The summed E-state index contributed by atoms with van der Waals surface area (Å²) in [5.74, 6) is 0.692. The highest BCUT2D eigenvalue weighted by molar-refractivity contribution is 5.86. The molecule has 0 aromatic carbocycles. The van der Waals surface area contributed by atoms with E-state index >= 15 is 0 Å². The van der Waals surface area contributed by atoms with Gasteiger partial charge in [0.05, 0.1) is 12.6 Å². The van der Waals surface area contributed by atoms with Crippen LogP contribution < -0.4 is 0 Å². The van der Waals surface area contributed by atoms with Crippen molar-refractivity contribution in [3.05, 3.63) is 0 Å². The summed E-state index contributed by atoms with van der Waals surface area (Å²) >= 11 is 0. The fourth-order valence-electron chi connectivity index (χ4n) is 2.80. The van der Waals surface area contributed by atoms with Gasteiger partial charge in [0.15, 0.2) is 0 Å². The van der Waals surface area contributed by atoms with E-state index in [0.29, 0.717) is 12.0 Å². The van der Waals surface area contributed by atoms with Crippen LogP contribution in [0.25, 0.3) is 0 Å². The molecule has 1 saturated carbocycles. The van der Waals surface area contributed by atoms with E-state index < -0.39 is 0 Å². The molecule has 2 rings (SSSR count). The molecule has 1 aliphatic heterocycles. The number of ether oxygens (including phenoxy) is 1. The molecular formula is C13H24N2O.